The molecule has 0 aliphatic heterocycles. The zero-order valence-electron chi connectivity index (χ0n) is 10.6. The van der Waals surface area contributed by atoms with Crippen LogP contribution in [0.1, 0.15) is 10.7 Å². The van der Waals surface area contributed by atoms with E-state index in [9.17, 15) is 4.79 Å². The molecule has 5 nitrogen and oxygen atoms in total. The lowest BCUT2D eigenvalue weighted by atomic mass is 10.3. The first-order chi connectivity index (χ1) is 9.13. The second-order valence-corrected chi connectivity index (χ2v) is 5.06. The Morgan fingerprint density at radius 3 is 3.05 bits per heavy atom. The summed E-state index contributed by atoms with van der Waals surface area (Å²) in [5.41, 5.74) is 7.08. The molecule has 0 bridgehead atoms. The fourth-order valence-electron chi connectivity index (χ4n) is 1.48. The van der Waals surface area contributed by atoms with Gasteiger partial charge in [-0.3, -0.25) is 4.79 Å². The molecule has 2 aromatic rings. The maximum Gasteiger partial charge on any atom is 0.258 e. The summed E-state index contributed by atoms with van der Waals surface area (Å²) in [6.07, 6.45) is 0. The molecule has 1 aromatic carbocycles. The average Bonchev–Trinajstić information content (AvgIpc) is 2.80. The summed E-state index contributed by atoms with van der Waals surface area (Å²) in [6.45, 7) is 2.31. The number of hydrogen-bond donors (Lipinski definition) is 2. The highest BCUT2D eigenvalue weighted by atomic mass is 32.1. The molecule has 6 heteroatoms. The van der Waals surface area contributed by atoms with Crippen molar-refractivity contribution in [3.63, 3.8) is 0 Å². The molecule has 0 unspecified atom stereocenters. The Hall–Kier alpha value is -2.08. The number of ether oxygens (including phenoxy) is 1. The molecular formula is C13H15N3O2S. The Bertz CT molecular complexity index is 569. The molecule has 0 saturated carbocycles. The maximum atomic E-state index is 11.6. The van der Waals surface area contributed by atoms with Gasteiger partial charge in [-0.05, 0) is 19.1 Å². The number of anilines is 1. The van der Waals surface area contributed by atoms with E-state index in [2.05, 4.69) is 10.3 Å². The molecule has 19 heavy (non-hydrogen) atoms. The lowest BCUT2D eigenvalue weighted by molar-refractivity contribution is -0.123. The minimum absolute atomic E-state index is 0.0351. The number of nitrogen functional groups attached to an aromatic ring is 1. The van der Waals surface area contributed by atoms with Crippen molar-refractivity contribution < 1.29 is 9.53 Å². The number of aryl methyl sites for hydroxylation is 1. The van der Waals surface area contributed by atoms with E-state index in [1.807, 2.05) is 12.3 Å². The summed E-state index contributed by atoms with van der Waals surface area (Å²) >= 11 is 1.56. The van der Waals surface area contributed by atoms with Gasteiger partial charge in [0.2, 0.25) is 0 Å². The van der Waals surface area contributed by atoms with Crippen molar-refractivity contribution in [2.75, 3.05) is 12.3 Å². The molecule has 0 aliphatic carbocycles. The average molecular weight is 277 g/mol. The number of nitrogens with one attached hydrogen (secondary N) is 1. The van der Waals surface area contributed by atoms with E-state index in [1.54, 1.807) is 35.6 Å². The predicted molar refractivity (Wildman–Crippen MR) is 75.0 cm³/mol. The van der Waals surface area contributed by atoms with Crippen LogP contribution in [0.4, 0.5) is 5.69 Å². The van der Waals surface area contributed by atoms with Crippen LogP contribution in [0.3, 0.4) is 0 Å². The fourth-order valence-corrected chi connectivity index (χ4v) is 2.10. The number of carbonyl (C=O) groups excluding carboxylic acids is 1. The van der Waals surface area contributed by atoms with Gasteiger partial charge in [0.05, 0.1) is 17.2 Å². The summed E-state index contributed by atoms with van der Waals surface area (Å²) < 4.78 is 5.33. The molecule has 100 valence electrons. The van der Waals surface area contributed by atoms with Crippen LogP contribution >= 0.6 is 11.3 Å². The van der Waals surface area contributed by atoms with E-state index in [-0.39, 0.29) is 12.5 Å². The van der Waals surface area contributed by atoms with Crippen molar-refractivity contribution in [2.45, 2.75) is 13.5 Å². The number of benzene rings is 1. The predicted octanol–water partition coefficient (Wildman–Crippen LogP) is 1.73. The largest absolute Gasteiger partial charge is 0.484 e. The zero-order valence-corrected chi connectivity index (χ0v) is 11.4. The third kappa shape index (κ3) is 4.26. The Balaban J connectivity index is 1.75. The van der Waals surface area contributed by atoms with Crippen molar-refractivity contribution in [3.8, 4) is 5.75 Å². The number of thiazole rings is 1. The Morgan fingerprint density at radius 2 is 2.37 bits per heavy atom. The number of hydrogen-bond acceptors (Lipinski definition) is 5. The summed E-state index contributed by atoms with van der Waals surface area (Å²) in [7, 11) is 0. The van der Waals surface area contributed by atoms with Gasteiger partial charge in [0.15, 0.2) is 6.61 Å². The van der Waals surface area contributed by atoms with E-state index in [1.165, 1.54) is 0 Å². The van der Waals surface area contributed by atoms with Crippen LogP contribution in [0.25, 0.3) is 0 Å². The first kappa shape index (κ1) is 13.4. The molecule has 0 atom stereocenters. The minimum atomic E-state index is -0.187. The number of amides is 1. The topological polar surface area (TPSA) is 77.2 Å². The standard InChI is InChI=1S/C13H15N3O2S/c1-9-16-11(8-19-9)6-15-13(17)7-18-12-4-2-3-10(14)5-12/h2-5,8H,6-7,14H2,1H3,(H,15,17). The molecule has 0 spiro atoms. The minimum Gasteiger partial charge on any atom is -0.484 e. The van der Waals surface area contributed by atoms with Crippen molar-refractivity contribution in [1.82, 2.24) is 10.3 Å². The lowest BCUT2D eigenvalue weighted by Crippen LogP contribution is -2.28. The van der Waals surface area contributed by atoms with Crippen molar-refractivity contribution in [1.29, 1.82) is 0 Å². The first-order valence-electron chi connectivity index (χ1n) is 5.79. The summed E-state index contributed by atoms with van der Waals surface area (Å²) in [5.74, 6) is 0.396. The Morgan fingerprint density at radius 1 is 1.53 bits per heavy atom. The first-order valence-corrected chi connectivity index (χ1v) is 6.67. The van der Waals surface area contributed by atoms with Crippen LogP contribution in [0, 0.1) is 6.92 Å². The van der Waals surface area contributed by atoms with Gasteiger partial charge >= 0.3 is 0 Å². The van der Waals surface area contributed by atoms with Crippen molar-refractivity contribution in [2.24, 2.45) is 0 Å². The fraction of sp³-hybridized carbons (Fsp3) is 0.231. The molecule has 3 N–H and O–H groups in total. The maximum absolute atomic E-state index is 11.6. The highest BCUT2D eigenvalue weighted by Crippen LogP contribution is 2.14. The van der Waals surface area contributed by atoms with E-state index < -0.39 is 0 Å². The normalized spacial score (nSPS) is 10.2. The molecule has 1 heterocycles. The van der Waals surface area contributed by atoms with Crippen LogP contribution in [-0.2, 0) is 11.3 Å². The molecule has 0 aliphatic rings. The monoisotopic (exact) mass is 277 g/mol. The van der Waals surface area contributed by atoms with E-state index >= 15 is 0 Å². The number of nitrogens with two attached hydrogens (primary N) is 1. The van der Waals surface area contributed by atoms with Gasteiger partial charge in [0, 0.05) is 17.1 Å². The molecule has 0 saturated heterocycles. The molecular weight excluding hydrogens is 262 g/mol. The Kier molecular flexibility index (Phi) is 4.35. The Labute approximate surface area is 115 Å². The van der Waals surface area contributed by atoms with Gasteiger partial charge in [0.25, 0.3) is 5.91 Å². The van der Waals surface area contributed by atoms with Gasteiger partial charge in [-0.2, -0.15) is 0 Å². The summed E-state index contributed by atoms with van der Waals surface area (Å²) in [4.78, 5) is 15.8. The number of aromatic nitrogens is 1. The summed E-state index contributed by atoms with van der Waals surface area (Å²) in [6, 6.07) is 6.97. The lowest BCUT2D eigenvalue weighted by Gasteiger charge is -2.07. The SMILES string of the molecule is Cc1nc(CNC(=O)COc2cccc(N)c2)cs1. The highest BCUT2D eigenvalue weighted by Gasteiger charge is 2.04. The quantitative estimate of drug-likeness (QED) is 0.816. The number of carbonyl (C=O) groups is 1. The smallest absolute Gasteiger partial charge is 0.258 e. The van der Waals surface area contributed by atoms with Crippen LogP contribution in [-0.4, -0.2) is 17.5 Å². The van der Waals surface area contributed by atoms with Gasteiger partial charge in [0.1, 0.15) is 5.75 Å². The molecule has 0 fully saturated rings. The van der Waals surface area contributed by atoms with E-state index in [0.29, 0.717) is 18.0 Å². The van der Waals surface area contributed by atoms with Crippen molar-refractivity contribution >= 4 is 22.9 Å². The molecule has 1 aromatic heterocycles. The van der Waals surface area contributed by atoms with Gasteiger partial charge in [-0.25, -0.2) is 4.98 Å². The molecule has 1 amide bonds. The molecule has 2 rings (SSSR count). The van der Waals surface area contributed by atoms with Crippen LogP contribution < -0.4 is 15.8 Å². The van der Waals surface area contributed by atoms with Gasteiger partial charge in [-0.15, -0.1) is 11.3 Å². The third-order valence-corrected chi connectivity index (χ3v) is 3.18. The second-order valence-electron chi connectivity index (χ2n) is 4.00. The van der Waals surface area contributed by atoms with Crippen LogP contribution in [0.5, 0.6) is 5.75 Å². The van der Waals surface area contributed by atoms with Gasteiger partial charge in [-0.1, -0.05) is 6.07 Å². The van der Waals surface area contributed by atoms with E-state index in [0.717, 1.165) is 10.7 Å². The number of rotatable bonds is 5. The molecule has 0 radical (unpaired) electrons. The summed E-state index contributed by atoms with van der Waals surface area (Å²) in [5, 5.41) is 5.66. The highest BCUT2D eigenvalue weighted by molar-refractivity contribution is 7.09. The van der Waals surface area contributed by atoms with E-state index in [4.69, 9.17) is 10.5 Å². The zero-order chi connectivity index (χ0) is 13.7. The number of nitrogens with zero attached hydrogens (tertiary/aromatic N) is 1. The van der Waals surface area contributed by atoms with Crippen molar-refractivity contribution in [3.05, 3.63) is 40.3 Å². The second kappa shape index (κ2) is 6.19. The third-order valence-electron chi connectivity index (χ3n) is 2.36. The van der Waals surface area contributed by atoms with Crippen LogP contribution in [0.15, 0.2) is 29.6 Å². The van der Waals surface area contributed by atoms with Gasteiger partial charge < -0.3 is 15.8 Å². The van der Waals surface area contributed by atoms with Crippen LogP contribution in [0.2, 0.25) is 0 Å².